The van der Waals surface area contributed by atoms with Gasteiger partial charge < -0.3 is 25.0 Å². The number of rotatable bonds is 7. The molecule has 1 aliphatic heterocycles. The molecule has 1 saturated heterocycles. The highest BCUT2D eigenvalue weighted by Crippen LogP contribution is 2.23. The molecule has 3 heterocycles. The van der Waals surface area contributed by atoms with Crippen molar-refractivity contribution in [3.63, 3.8) is 0 Å². The molecule has 2 aromatic heterocycles. The van der Waals surface area contributed by atoms with Gasteiger partial charge in [0, 0.05) is 30.5 Å². The van der Waals surface area contributed by atoms with Gasteiger partial charge in [0.1, 0.15) is 6.33 Å². The van der Waals surface area contributed by atoms with Gasteiger partial charge in [0.25, 0.3) is 0 Å². The zero-order valence-corrected chi connectivity index (χ0v) is 19.1. The van der Waals surface area contributed by atoms with E-state index in [1.54, 1.807) is 12.1 Å². The average molecular weight is 473 g/mol. The van der Waals surface area contributed by atoms with E-state index >= 15 is 0 Å². The molecule has 0 aliphatic carbocycles. The van der Waals surface area contributed by atoms with E-state index in [2.05, 4.69) is 52.8 Å². The minimum atomic E-state index is -0.379. The van der Waals surface area contributed by atoms with Crippen molar-refractivity contribution in [1.82, 2.24) is 25.1 Å². The number of benzene rings is 2. The first-order valence-electron chi connectivity index (χ1n) is 11.1. The summed E-state index contributed by atoms with van der Waals surface area (Å²) < 4.78 is 10.1. The van der Waals surface area contributed by atoms with Crippen LogP contribution in [0.2, 0.25) is 0 Å². The van der Waals surface area contributed by atoms with E-state index in [4.69, 9.17) is 9.47 Å². The number of nitrogens with zero attached hydrogens (tertiary/aromatic N) is 5. The smallest absolute Gasteiger partial charge is 0.337 e. The maximum absolute atomic E-state index is 11.6. The number of aromatic amines is 1. The molecule has 1 aliphatic rings. The first kappa shape index (κ1) is 22.3. The average Bonchev–Trinajstić information content (AvgIpc) is 3.38. The molecule has 1 fully saturated rings. The van der Waals surface area contributed by atoms with Crippen LogP contribution in [0.4, 0.5) is 29.1 Å². The number of carbonyl (C=O) groups is 1. The molecule has 0 unspecified atom stereocenters. The number of anilines is 5. The van der Waals surface area contributed by atoms with Crippen LogP contribution in [0.1, 0.15) is 10.4 Å². The number of morpholine rings is 1. The predicted molar refractivity (Wildman–Crippen MR) is 131 cm³/mol. The van der Waals surface area contributed by atoms with Crippen LogP contribution in [0, 0.1) is 0 Å². The molecule has 3 N–H and O–H groups in total. The Hall–Kier alpha value is -4.51. The lowest BCUT2D eigenvalue weighted by Gasteiger charge is -2.28. The van der Waals surface area contributed by atoms with Crippen molar-refractivity contribution < 1.29 is 14.3 Å². The van der Waals surface area contributed by atoms with Crippen molar-refractivity contribution in [2.45, 2.75) is 0 Å². The quantitative estimate of drug-likeness (QED) is 0.344. The molecule has 2 aromatic carbocycles. The van der Waals surface area contributed by atoms with Crippen LogP contribution in [0.15, 0.2) is 60.9 Å². The van der Waals surface area contributed by atoms with Crippen LogP contribution < -0.4 is 15.5 Å². The number of methoxy groups -OCH3 is 1. The Morgan fingerprint density at radius 3 is 2.43 bits per heavy atom. The van der Waals surface area contributed by atoms with E-state index in [1.165, 1.54) is 13.4 Å². The topological polar surface area (TPSA) is 130 Å². The van der Waals surface area contributed by atoms with Gasteiger partial charge in [-0.05, 0) is 42.0 Å². The lowest BCUT2D eigenvalue weighted by atomic mass is 10.1. The maximum atomic E-state index is 11.6. The van der Waals surface area contributed by atoms with Crippen molar-refractivity contribution in [3.8, 4) is 11.3 Å². The number of esters is 1. The van der Waals surface area contributed by atoms with Crippen molar-refractivity contribution in [3.05, 3.63) is 66.5 Å². The molecule has 0 spiro atoms. The standard InChI is InChI=1S/C24H24N8O3/c1-34-22(33)17-4-2-16(3-5-17)20-14-21(31-30-20)28-24-26-15-25-23(29-24)27-18-6-8-19(9-7-18)32-10-12-35-13-11-32/h2-9,14-15H,10-13H2,1H3,(H3,25,26,27,28,29,30,31). The third kappa shape index (κ3) is 5.36. The first-order chi connectivity index (χ1) is 17.2. The second-order valence-electron chi connectivity index (χ2n) is 7.76. The number of hydrogen-bond acceptors (Lipinski definition) is 10. The summed E-state index contributed by atoms with van der Waals surface area (Å²) in [5, 5.41) is 13.5. The summed E-state index contributed by atoms with van der Waals surface area (Å²) in [5.74, 6) is 0.933. The molecule has 4 aromatic rings. The molecule has 178 valence electrons. The van der Waals surface area contributed by atoms with E-state index in [0.29, 0.717) is 23.3 Å². The van der Waals surface area contributed by atoms with Crippen molar-refractivity contribution in [2.75, 3.05) is 48.9 Å². The molecular formula is C24H24N8O3. The van der Waals surface area contributed by atoms with Crippen LogP contribution in [-0.2, 0) is 9.47 Å². The zero-order chi connectivity index (χ0) is 24.0. The first-order valence-corrected chi connectivity index (χ1v) is 11.1. The van der Waals surface area contributed by atoms with Gasteiger partial charge in [0.05, 0.1) is 31.6 Å². The summed E-state index contributed by atoms with van der Waals surface area (Å²) in [5.41, 5.74) is 4.16. The Labute approximate surface area is 201 Å². The van der Waals surface area contributed by atoms with Crippen LogP contribution in [0.3, 0.4) is 0 Å². The summed E-state index contributed by atoms with van der Waals surface area (Å²) in [4.78, 5) is 26.7. The molecule has 0 saturated carbocycles. The molecule has 0 bridgehead atoms. The Morgan fingerprint density at radius 2 is 1.71 bits per heavy atom. The Kier molecular flexibility index (Phi) is 6.48. The molecule has 0 radical (unpaired) electrons. The van der Waals surface area contributed by atoms with Crippen molar-refractivity contribution >= 4 is 35.1 Å². The highest BCUT2D eigenvalue weighted by atomic mass is 16.5. The fraction of sp³-hybridized carbons (Fsp3) is 0.208. The fourth-order valence-electron chi connectivity index (χ4n) is 3.67. The summed E-state index contributed by atoms with van der Waals surface area (Å²) in [6.07, 6.45) is 1.43. The van der Waals surface area contributed by atoms with E-state index < -0.39 is 0 Å². The van der Waals surface area contributed by atoms with Gasteiger partial charge >= 0.3 is 5.97 Å². The van der Waals surface area contributed by atoms with E-state index in [-0.39, 0.29) is 5.97 Å². The van der Waals surface area contributed by atoms with E-state index in [0.717, 1.165) is 48.9 Å². The van der Waals surface area contributed by atoms with Gasteiger partial charge in [0.15, 0.2) is 5.82 Å². The molecular weight excluding hydrogens is 448 g/mol. The molecule has 11 nitrogen and oxygen atoms in total. The van der Waals surface area contributed by atoms with Gasteiger partial charge in [0.2, 0.25) is 11.9 Å². The second kappa shape index (κ2) is 10.2. The van der Waals surface area contributed by atoms with Gasteiger partial charge in [-0.3, -0.25) is 5.10 Å². The van der Waals surface area contributed by atoms with Crippen LogP contribution in [0.25, 0.3) is 11.3 Å². The Morgan fingerprint density at radius 1 is 1.00 bits per heavy atom. The van der Waals surface area contributed by atoms with Crippen molar-refractivity contribution in [1.29, 1.82) is 0 Å². The monoisotopic (exact) mass is 472 g/mol. The van der Waals surface area contributed by atoms with Gasteiger partial charge in [-0.15, -0.1) is 0 Å². The van der Waals surface area contributed by atoms with Crippen LogP contribution in [-0.4, -0.2) is 64.5 Å². The maximum Gasteiger partial charge on any atom is 0.337 e. The third-order valence-corrected chi connectivity index (χ3v) is 5.51. The van der Waals surface area contributed by atoms with Crippen LogP contribution in [0.5, 0.6) is 0 Å². The van der Waals surface area contributed by atoms with Crippen LogP contribution >= 0.6 is 0 Å². The zero-order valence-electron chi connectivity index (χ0n) is 19.1. The minimum absolute atomic E-state index is 0.353. The molecule has 35 heavy (non-hydrogen) atoms. The number of ether oxygens (including phenoxy) is 2. The SMILES string of the molecule is COC(=O)c1ccc(-c2cc(Nc3ncnc(Nc4ccc(N5CCOCC5)cc4)n3)n[nH]2)cc1. The number of aromatic nitrogens is 5. The minimum Gasteiger partial charge on any atom is -0.465 e. The van der Waals surface area contributed by atoms with E-state index in [9.17, 15) is 4.79 Å². The summed E-state index contributed by atoms with van der Waals surface area (Å²) in [7, 11) is 1.35. The largest absolute Gasteiger partial charge is 0.465 e. The van der Waals surface area contributed by atoms with Gasteiger partial charge in [-0.1, -0.05) is 12.1 Å². The number of nitrogens with one attached hydrogen (secondary N) is 3. The predicted octanol–water partition coefficient (Wildman–Crippen LogP) is 3.37. The molecule has 0 atom stereocenters. The lowest BCUT2D eigenvalue weighted by molar-refractivity contribution is 0.0600. The molecule has 5 rings (SSSR count). The van der Waals surface area contributed by atoms with Crippen molar-refractivity contribution in [2.24, 2.45) is 0 Å². The Balaban J connectivity index is 1.23. The van der Waals surface area contributed by atoms with Gasteiger partial charge in [-0.2, -0.15) is 10.1 Å². The normalized spacial score (nSPS) is 13.3. The summed E-state index contributed by atoms with van der Waals surface area (Å²) in [6, 6.07) is 17.0. The lowest BCUT2D eigenvalue weighted by Crippen LogP contribution is -2.36. The summed E-state index contributed by atoms with van der Waals surface area (Å²) in [6.45, 7) is 3.28. The molecule has 0 amide bonds. The highest BCUT2D eigenvalue weighted by Gasteiger charge is 2.12. The highest BCUT2D eigenvalue weighted by molar-refractivity contribution is 5.89. The molecule has 11 heteroatoms. The van der Waals surface area contributed by atoms with Gasteiger partial charge in [-0.25, -0.2) is 14.8 Å². The Bertz CT molecular complexity index is 1280. The summed E-state index contributed by atoms with van der Waals surface area (Å²) >= 11 is 0. The fourth-order valence-corrected chi connectivity index (χ4v) is 3.67. The number of H-pyrrole nitrogens is 1. The number of carbonyl (C=O) groups excluding carboxylic acids is 1. The number of hydrogen-bond donors (Lipinski definition) is 3. The van der Waals surface area contributed by atoms with E-state index in [1.807, 2.05) is 30.3 Å². The second-order valence-corrected chi connectivity index (χ2v) is 7.76. The third-order valence-electron chi connectivity index (χ3n) is 5.51.